The summed E-state index contributed by atoms with van der Waals surface area (Å²) in [5, 5.41) is 2.01. The van der Waals surface area contributed by atoms with Crippen LogP contribution in [0.25, 0.3) is 0 Å². The highest BCUT2D eigenvalue weighted by molar-refractivity contribution is 7.10. The topological polar surface area (TPSA) is 17.1 Å². The number of ketones is 1. The Hall–Kier alpha value is -1.41. The molecule has 94 valence electrons. The van der Waals surface area contributed by atoms with Gasteiger partial charge < -0.3 is 0 Å². The van der Waals surface area contributed by atoms with Crippen molar-refractivity contribution in [2.24, 2.45) is 5.92 Å². The second-order valence-electron chi connectivity index (χ2n) is 4.98. The van der Waals surface area contributed by atoms with E-state index >= 15 is 0 Å². The number of carbonyl (C=O) groups is 1. The van der Waals surface area contributed by atoms with Crippen molar-refractivity contribution in [2.45, 2.75) is 26.7 Å². The molecule has 0 amide bonds. The van der Waals surface area contributed by atoms with E-state index in [0.717, 1.165) is 16.9 Å². The highest BCUT2D eigenvalue weighted by atomic mass is 32.1. The summed E-state index contributed by atoms with van der Waals surface area (Å²) in [5.41, 5.74) is 2.09. The summed E-state index contributed by atoms with van der Waals surface area (Å²) in [4.78, 5) is 13.3. The molecule has 0 saturated heterocycles. The fraction of sp³-hybridized carbons (Fsp3) is 0.312. The molecule has 1 nitrogen and oxygen atoms in total. The second kappa shape index (κ2) is 5.96. The van der Waals surface area contributed by atoms with Crippen molar-refractivity contribution in [3.8, 4) is 0 Å². The van der Waals surface area contributed by atoms with Crippen LogP contribution in [0, 0.1) is 5.92 Å². The SMILES string of the molecule is CC(C)Cc1cccc(C(=O)Cc2cccs2)c1. The van der Waals surface area contributed by atoms with Gasteiger partial charge in [-0.3, -0.25) is 4.79 Å². The lowest BCUT2D eigenvalue weighted by atomic mass is 9.99. The van der Waals surface area contributed by atoms with Crippen molar-refractivity contribution in [1.82, 2.24) is 0 Å². The maximum absolute atomic E-state index is 12.2. The molecule has 0 aliphatic heterocycles. The van der Waals surface area contributed by atoms with Gasteiger partial charge in [0.25, 0.3) is 0 Å². The number of thiophene rings is 1. The van der Waals surface area contributed by atoms with Gasteiger partial charge in [0.05, 0.1) is 0 Å². The molecular weight excluding hydrogens is 240 g/mol. The normalized spacial score (nSPS) is 10.8. The van der Waals surface area contributed by atoms with E-state index in [0.29, 0.717) is 12.3 Å². The molecule has 18 heavy (non-hydrogen) atoms. The lowest BCUT2D eigenvalue weighted by Gasteiger charge is -2.06. The van der Waals surface area contributed by atoms with Crippen LogP contribution in [0.5, 0.6) is 0 Å². The highest BCUT2D eigenvalue weighted by Crippen LogP contribution is 2.15. The predicted octanol–water partition coefficient (Wildman–Crippen LogP) is 4.37. The van der Waals surface area contributed by atoms with E-state index in [1.165, 1.54) is 5.56 Å². The zero-order valence-electron chi connectivity index (χ0n) is 10.8. The fourth-order valence-electron chi connectivity index (χ4n) is 2.02. The highest BCUT2D eigenvalue weighted by Gasteiger charge is 2.08. The Morgan fingerprint density at radius 3 is 2.72 bits per heavy atom. The summed E-state index contributed by atoms with van der Waals surface area (Å²) in [6.45, 7) is 4.39. The Morgan fingerprint density at radius 2 is 2.06 bits per heavy atom. The van der Waals surface area contributed by atoms with Gasteiger partial charge in [-0.1, -0.05) is 38.1 Å². The first-order chi connectivity index (χ1) is 8.65. The number of hydrogen-bond acceptors (Lipinski definition) is 2. The minimum atomic E-state index is 0.211. The lowest BCUT2D eigenvalue weighted by molar-refractivity contribution is 0.0993. The van der Waals surface area contributed by atoms with E-state index in [2.05, 4.69) is 19.9 Å². The maximum atomic E-state index is 12.2. The quantitative estimate of drug-likeness (QED) is 0.728. The van der Waals surface area contributed by atoms with Gasteiger partial charge >= 0.3 is 0 Å². The first-order valence-electron chi connectivity index (χ1n) is 6.29. The number of benzene rings is 1. The average Bonchev–Trinajstić information content (AvgIpc) is 2.81. The molecular formula is C16H18OS. The Balaban J connectivity index is 2.10. The molecule has 0 bridgehead atoms. The molecule has 0 radical (unpaired) electrons. The molecule has 0 fully saturated rings. The van der Waals surface area contributed by atoms with Crippen molar-refractivity contribution in [3.63, 3.8) is 0 Å². The van der Waals surface area contributed by atoms with E-state index in [-0.39, 0.29) is 5.78 Å². The summed E-state index contributed by atoms with van der Waals surface area (Å²) in [5.74, 6) is 0.829. The minimum Gasteiger partial charge on any atom is -0.294 e. The van der Waals surface area contributed by atoms with E-state index in [1.54, 1.807) is 11.3 Å². The maximum Gasteiger partial charge on any atom is 0.168 e. The van der Waals surface area contributed by atoms with E-state index in [9.17, 15) is 4.79 Å². The molecule has 0 atom stereocenters. The third-order valence-corrected chi connectivity index (χ3v) is 3.68. The van der Waals surface area contributed by atoms with E-state index in [1.807, 2.05) is 35.7 Å². The second-order valence-corrected chi connectivity index (χ2v) is 6.01. The molecule has 2 aromatic rings. The van der Waals surface area contributed by atoms with Crippen LogP contribution in [0.15, 0.2) is 41.8 Å². The first-order valence-corrected chi connectivity index (χ1v) is 7.17. The fourth-order valence-corrected chi connectivity index (χ4v) is 2.72. The number of Topliss-reactive ketones (excluding diaryl/α,β-unsaturated/α-hetero) is 1. The van der Waals surface area contributed by atoms with Gasteiger partial charge in [0.2, 0.25) is 0 Å². The van der Waals surface area contributed by atoms with Gasteiger partial charge in [-0.25, -0.2) is 0 Å². The first kappa shape index (κ1) is 13.0. The van der Waals surface area contributed by atoms with Gasteiger partial charge in [-0.05, 0) is 35.4 Å². The largest absolute Gasteiger partial charge is 0.294 e. The molecule has 1 aromatic carbocycles. The zero-order chi connectivity index (χ0) is 13.0. The minimum absolute atomic E-state index is 0.211. The van der Waals surface area contributed by atoms with Crippen LogP contribution in [0.4, 0.5) is 0 Å². The molecule has 0 spiro atoms. The lowest BCUT2D eigenvalue weighted by Crippen LogP contribution is -2.03. The van der Waals surface area contributed by atoms with Crippen LogP contribution in [-0.4, -0.2) is 5.78 Å². The molecule has 0 aliphatic carbocycles. The Morgan fingerprint density at radius 1 is 1.22 bits per heavy atom. The Kier molecular flexibility index (Phi) is 4.32. The van der Waals surface area contributed by atoms with Crippen molar-refractivity contribution >= 4 is 17.1 Å². The van der Waals surface area contributed by atoms with Gasteiger partial charge in [-0.15, -0.1) is 11.3 Å². The predicted molar refractivity (Wildman–Crippen MR) is 77.3 cm³/mol. The Labute approximate surface area is 112 Å². The summed E-state index contributed by atoms with van der Waals surface area (Å²) in [7, 11) is 0. The smallest absolute Gasteiger partial charge is 0.168 e. The molecule has 0 saturated carbocycles. The number of rotatable bonds is 5. The van der Waals surface area contributed by atoms with Crippen LogP contribution in [0.2, 0.25) is 0 Å². The van der Waals surface area contributed by atoms with Gasteiger partial charge in [0.1, 0.15) is 0 Å². The monoisotopic (exact) mass is 258 g/mol. The van der Waals surface area contributed by atoms with Crippen LogP contribution in [-0.2, 0) is 12.8 Å². The molecule has 0 N–H and O–H groups in total. The Bertz CT molecular complexity index is 512. The molecule has 2 heteroatoms. The molecule has 1 heterocycles. The number of carbonyl (C=O) groups excluding carboxylic acids is 1. The van der Waals surface area contributed by atoms with Gasteiger partial charge in [-0.2, -0.15) is 0 Å². The van der Waals surface area contributed by atoms with Crippen molar-refractivity contribution < 1.29 is 4.79 Å². The molecule has 2 rings (SSSR count). The summed E-state index contributed by atoms with van der Waals surface area (Å²) in [6, 6.07) is 12.0. The van der Waals surface area contributed by atoms with Gasteiger partial charge in [0, 0.05) is 16.9 Å². The molecule has 0 aliphatic rings. The van der Waals surface area contributed by atoms with Gasteiger partial charge in [0.15, 0.2) is 5.78 Å². The number of hydrogen-bond donors (Lipinski definition) is 0. The van der Waals surface area contributed by atoms with Crippen molar-refractivity contribution in [1.29, 1.82) is 0 Å². The van der Waals surface area contributed by atoms with Crippen LogP contribution in [0.3, 0.4) is 0 Å². The summed E-state index contributed by atoms with van der Waals surface area (Å²) in [6.07, 6.45) is 1.54. The standard InChI is InChI=1S/C16H18OS/c1-12(2)9-13-5-3-6-14(10-13)16(17)11-15-7-4-8-18-15/h3-8,10,12H,9,11H2,1-2H3. The van der Waals surface area contributed by atoms with Crippen molar-refractivity contribution in [3.05, 3.63) is 57.8 Å². The van der Waals surface area contributed by atoms with E-state index < -0.39 is 0 Å². The van der Waals surface area contributed by atoms with Crippen molar-refractivity contribution in [2.75, 3.05) is 0 Å². The van der Waals surface area contributed by atoms with Crippen LogP contribution < -0.4 is 0 Å². The molecule has 0 unspecified atom stereocenters. The van der Waals surface area contributed by atoms with Crippen LogP contribution >= 0.6 is 11.3 Å². The summed E-state index contributed by atoms with van der Waals surface area (Å²) < 4.78 is 0. The molecule has 1 aromatic heterocycles. The third kappa shape index (κ3) is 3.54. The zero-order valence-corrected chi connectivity index (χ0v) is 11.7. The van der Waals surface area contributed by atoms with Crippen LogP contribution in [0.1, 0.15) is 34.6 Å². The average molecular weight is 258 g/mol. The van der Waals surface area contributed by atoms with E-state index in [4.69, 9.17) is 0 Å². The third-order valence-electron chi connectivity index (χ3n) is 2.81. The summed E-state index contributed by atoms with van der Waals surface area (Å²) >= 11 is 1.64.